The van der Waals surface area contributed by atoms with Crippen molar-refractivity contribution in [3.63, 3.8) is 0 Å². The number of nitrogens with zero attached hydrogens (tertiary/aromatic N) is 3. The van der Waals surface area contributed by atoms with Gasteiger partial charge in [0.05, 0.1) is 23.9 Å². The number of hydrogen-bond acceptors (Lipinski definition) is 7. The molecule has 4 rings (SSSR count). The third-order valence-corrected chi connectivity index (χ3v) is 6.61. The van der Waals surface area contributed by atoms with Crippen LogP contribution in [0.3, 0.4) is 0 Å². The number of piperazine rings is 1. The molecule has 0 saturated carbocycles. The molecule has 32 heavy (non-hydrogen) atoms. The summed E-state index contributed by atoms with van der Waals surface area (Å²) in [4.78, 5) is 9.45. The zero-order valence-electron chi connectivity index (χ0n) is 19.0. The van der Waals surface area contributed by atoms with E-state index in [2.05, 4.69) is 81.0 Å². The highest BCUT2D eigenvalue weighted by Crippen LogP contribution is 2.28. The van der Waals surface area contributed by atoms with Crippen molar-refractivity contribution >= 4 is 23.4 Å². The third-order valence-electron chi connectivity index (χ3n) is 6.61. The average molecular weight is 437 g/mol. The molecule has 1 saturated heterocycles. The first-order chi connectivity index (χ1) is 15.6. The molecule has 2 aromatic rings. The Morgan fingerprint density at radius 1 is 1.16 bits per heavy atom. The molecule has 4 unspecified atom stereocenters. The lowest BCUT2D eigenvalue weighted by molar-refractivity contribution is 0.0244. The summed E-state index contributed by atoms with van der Waals surface area (Å²) in [5.74, 6) is 0. The molecule has 2 heterocycles. The molecule has 2 aliphatic heterocycles. The fourth-order valence-corrected chi connectivity index (χ4v) is 4.67. The predicted octanol–water partition coefficient (Wildman–Crippen LogP) is 2.26. The van der Waals surface area contributed by atoms with E-state index >= 15 is 0 Å². The van der Waals surface area contributed by atoms with E-state index in [-0.39, 0.29) is 24.5 Å². The number of rotatable bonds is 7. The van der Waals surface area contributed by atoms with Gasteiger partial charge in [-0.15, -0.1) is 0 Å². The largest absolute Gasteiger partial charge is 0.390 e. The van der Waals surface area contributed by atoms with Gasteiger partial charge >= 0.3 is 0 Å². The average Bonchev–Trinajstić information content (AvgIpc) is 2.84. The number of aliphatic imine (C=N–C) groups is 1. The molecule has 0 spiro atoms. The first kappa shape index (κ1) is 22.4. The zero-order valence-corrected chi connectivity index (χ0v) is 19.0. The summed E-state index contributed by atoms with van der Waals surface area (Å²) < 4.78 is 0. The van der Waals surface area contributed by atoms with E-state index in [1.165, 1.54) is 11.9 Å². The quantitative estimate of drug-likeness (QED) is 0.335. The van der Waals surface area contributed by atoms with E-state index < -0.39 is 0 Å². The smallest absolute Gasteiger partial charge is 0.178 e. The Kier molecular flexibility index (Phi) is 7.14. The summed E-state index contributed by atoms with van der Waals surface area (Å²) in [6, 6.07) is 16.8. The van der Waals surface area contributed by atoms with Crippen molar-refractivity contribution in [1.82, 2.24) is 9.80 Å². The minimum Gasteiger partial charge on any atom is -0.390 e. The molecule has 0 aromatic heterocycles. The van der Waals surface area contributed by atoms with Crippen molar-refractivity contribution in [3.05, 3.63) is 54.1 Å². The molecular formula is C24H36N8. The maximum Gasteiger partial charge on any atom is 0.178 e. The Hall–Kier alpha value is -2.81. The first-order valence-corrected chi connectivity index (χ1v) is 11.5. The van der Waals surface area contributed by atoms with Crippen LogP contribution in [0.1, 0.15) is 18.9 Å². The molecule has 2 aliphatic rings. The molecule has 4 atom stereocenters. The number of fused-ring (bicyclic) bond motifs is 1. The number of benzene rings is 2. The predicted molar refractivity (Wildman–Crippen MR) is 134 cm³/mol. The van der Waals surface area contributed by atoms with Crippen LogP contribution in [-0.4, -0.2) is 66.9 Å². The highest BCUT2D eigenvalue weighted by atomic mass is 15.4. The molecule has 8 nitrogen and oxygen atoms in total. The standard InChI is InChI=1S/C24H36N8/c1-3-18(26)22-15-31(23-14-27-20-10-6-7-11-21(20)29-23)12-13-32(22)24(28-16-25)30-19-9-5-4-8-17(19)2/h4-11,16,18,22-24,27,29-30H,3,12-15,26H2,1-2H3,(H2,25,28). The van der Waals surface area contributed by atoms with Gasteiger partial charge in [-0.05, 0) is 37.1 Å². The summed E-state index contributed by atoms with van der Waals surface area (Å²) >= 11 is 0. The van der Waals surface area contributed by atoms with E-state index in [0.29, 0.717) is 0 Å². The van der Waals surface area contributed by atoms with E-state index in [1.54, 1.807) is 0 Å². The Morgan fingerprint density at radius 2 is 1.91 bits per heavy atom. The Balaban J connectivity index is 1.51. The summed E-state index contributed by atoms with van der Waals surface area (Å²) in [5, 5.41) is 10.8. The SMILES string of the molecule is CCC(N)C1CN(C2CNc3ccccc3N2)CCN1C(N=CN)Nc1ccccc1C. The van der Waals surface area contributed by atoms with Gasteiger partial charge in [0.1, 0.15) is 0 Å². The van der Waals surface area contributed by atoms with E-state index in [4.69, 9.17) is 11.5 Å². The van der Waals surface area contributed by atoms with Gasteiger partial charge < -0.3 is 27.4 Å². The van der Waals surface area contributed by atoms with Gasteiger partial charge in [-0.25, -0.2) is 4.99 Å². The second-order valence-electron chi connectivity index (χ2n) is 8.59. The number of nitrogens with one attached hydrogen (secondary N) is 3. The Bertz CT molecular complexity index is 916. The minimum atomic E-state index is -0.260. The van der Waals surface area contributed by atoms with Gasteiger partial charge in [0.2, 0.25) is 0 Å². The van der Waals surface area contributed by atoms with Crippen LogP contribution >= 0.6 is 0 Å². The Labute approximate surface area is 191 Å². The fourth-order valence-electron chi connectivity index (χ4n) is 4.67. The molecular weight excluding hydrogens is 400 g/mol. The zero-order chi connectivity index (χ0) is 22.5. The van der Waals surface area contributed by atoms with Crippen molar-refractivity contribution < 1.29 is 0 Å². The normalized spacial score (nSPS) is 23.7. The van der Waals surface area contributed by atoms with Crippen molar-refractivity contribution in [2.24, 2.45) is 16.5 Å². The van der Waals surface area contributed by atoms with Crippen LogP contribution in [0.4, 0.5) is 17.1 Å². The van der Waals surface area contributed by atoms with Crippen molar-refractivity contribution in [3.8, 4) is 0 Å². The van der Waals surface area contributed by atoms with Gasteiger partial charge in [-0.3, -0.25) is 9.80 Å². The molecule has 8 heteroatoms. The third kappa shape index (κ3) is 4.82. The highest BCUT2D eigenvalue weighted by Gasteiger charge is 2.37. The summed E-state index contributed by atoms with van der Waals surface area (Å²) in [6.07, 6.45) is 2.25. The van der Waals surface area contributed by atoms with Crippen molar-refractivity contribution in [2.75, 3.05) is 42.1 Å². The molecule has 0 aliphatic carbocycles. The number of hydrogen-bond donors (Lipinski definition) is 5. The van der Waals surface area contributed by atoms with Crippen LogP contribution in [0.5, 0.6) is 0 Å². The molecule has 0 amide bonds. The molecule has 1 fully saturated rings. The second-order valence-corrected chi connectivity index (χ2v) is 8.59. The lowest BCUT2D eigenvalue weighted by Crippen LogP contribution is -2.66. The van der Waals surface area contributed by atoms with E-state index in [9.17, 15) is 0 Å². The van der Waals surface area contributed by atoms with Gasteiger partial charge in [0.25, 0.3) is 0 Å². The maximum atomic E-state index is 6.65. The number of aryl methyl sites for hydroxylation is 1. The van der Waals surface area contributed by atoms with Crippen LogP contribution in [0.25, 0.3) is 0 Å². The lowest BCUT2D eigenvalue weighted by atomic mass is 10.0. The van der Waals surface area contributed by atoms with Crippen LogP contribution in [0.2, 0.25) is 0 Å². The molecule has 2 aromatic carbocycles. The van der Waals surface area contributed by atoms with Gasteiger partial charge in [0.15, 0.2) is 6.29 Å². The maximum absolute atomic E-state index is 6.65. The van der Waals surface area contributed by atoms with Crippen LogP contribution in [0, 0.1) is 6.92 Å². The van der Waals surface area contributed by atoms with Gasteiger partial charge in [-0.2, -0.15) is 0 Å². The highest BCUT2D eigenvalue weighted by molar-refractivity contribution is 5.70. The van der Waals surface area contributed by atoms with E-state index in [0.717, 1.165) is 49.7 Å². The second kappa shape index (κ2) is 10.2. The van der Waals surface area contributed by atoms with Crippen LogP contribution in [0.15, 0.2) is 53.5 Å². The van der Waals surface area contributed by atoms with Crippen molar-refractivity contribution in [1.29, 1.82) is 0 Å². The summed E-state index contributed by atoms with van der Waals surface area (Å²) in [5.41, 5.74) is 16.9. The van der Waals surface area contributed by atoms with Crippen molar-refractivity contribution in [2.45, 2.75) is 44.8 Å². The first-order valence-electron chi connectivity index (χ1n) is 11.5. The molecule has 0 radical (unpaired) electrons. The molecule has 0 bridgehead atoms. The number of anilines is 3. The van der Waals surface area contributed by atoms with E-state index in [1.807, 2.05) is 12.1 Å². The number of para-hydroxylation sites is 3. The minimum absolute atomic E-state index is 0.0378. The van der Waals surface area contributed by atoms with Crippen LogP contribution < -0.4 is 27.4 Å². The Morgan fingerprint density at radius 3 is 2.66 bits per heavy atom. The lowest BCUT2D eigenvalue weighted by Gasteiger charge is -2.49. The van der Waals surface area contributed by atoms with Crippen LogP contribution in [-0.2, 0) is 0 Å². The monoisotopic (exact) mass is 436 g/mol. The molecule has 7 N–H and O–H groups in total. The summed E-state index contributed by atoms with van der Waals surface area (Å²) in [6.45, 7) is 7.73. The fraction of sp³-hybridized carbons (Fsp3) is 0.458. The molecule has 172 valence electrons. The summed E-state index contributed by atoms with van der Waals surface area (Å²) in [7, 11) is 0. The topological polar surface area (TPSA) is 107 Å². The number of nitrogens with two attached hydrogens (primary N) is 2. The van der Waals surface area contributed by atoms with Gasteiger partial charge in [-0.1, -0.05) is 37.3 Å². The van der Waals surface area contributed by atoms with Gasteiger partial charge in [0, 0.05) is 44.0 Å².